The van der Waals surface area contributed by atoms with E-state index in [9.17, 15) is 4.79 Å². The summed E-state index contributed by atoms with van der Waals surface area (Å²) in [5.74, 6) is 0. The average Bonchev–Trinajstić information content (AvgIpc) is 2.94. The molecule has 2 atom stereocenters. The molecular formula is C16H25N3O2. The van der Waals surface area contributed by atoms with Crippen LogP contribution in [-0.4, -0.2) is 40.8 Å². The van der Waals surface area contributed by atoms with Crippen molar-refractivity contribution in [2.75, 3.05) is 19.6 Å². The van der Waals surface area contributed by atoms with Crippen molar-refractivity contribution in [1.82, 2.24) is 14.8 Å². The van der Waals surface area contributed by atoms with E-state index in [0.717, 1.165) is 26.1 Å². The summed E-state index contributed by atoms with van der Waals surface area (Å²) in [4.78, 5) is 14.1. The van der Waals surface area contributed by atoms with Crippen LogP contribution in [0, 0.1) is 5.41 Å². The maximum atomic E-state index is 12.2. The second kappa shape index (κ2) is 4.77. The van der Waals surface area contributed by atoms with Crippen molar-refractivity contribution in [1.29, 1.82) is 0 Å². The number of hydrogen-bond donors (Lipinski definition) is 1. The van der Waals surface area contributed by atoms with E-state index in [4.69, 9.17) is 4.74 Å². The van der Waals surface area contributed by atoms with Crippen LogP contribution in [0.3, 0.4) is 0 Å². The molecule has 0 unspecified atom stereocenters. The Balaban J connectivity index is 1.67. The van der Waals surface area contributed by atoms with Crippen LogP contribution in [0.25, 0.3) is 0 Å². The van der Waals surface area contributed by atoms with Crippen LogP contribution >= 0.6 is 0 Å². The van der Waals surface area contributed by atoms with Gasteiger partial charge in [-0.1, -0.05) is 0 Å². The molecule has 0 radical (unpaired) electrons. The quantitative estimate of drug-likeness (QED) is 0.863. The Morgan fingerprint density at radius 3 is 2.76 bits per heavy atom. The summed E-state index contributed by atoms with van der Waals surface area (Å²) >= 11 is 0. The van der Waals surface area contributed by atoms with E-state index >= 15 is 0 Å². The summed E-state index contributed by atoms with van der Waals surface area (Å²) < 4.78 is 7.56. The maximum Gasteiger partial charge on any atom is 0.410 e. The molecule has 21 heavy (non-hydrogen) atoms. The van der Waals surface area contributed by atoms with Gasteiger partial charge in [-0.25, -0.2) is 4.79 Å². The molecule has 1 aromatic rings. The normalized spacial score (nSPS) is 28.8. The number of hydrogen-bond acceptors (Lipinski definition) is 3. The molecule has 3 heterocycles. The molecule has 2 fully saturated rings. The number of nitrogens with zero attached hydrogens (tertiary/aromatic N) is 2. The van der Waals surface area contributed by atoms with Gasteiger partial charge in [-0.2, -0.15) is 0 Å². The molecule has 1 amide bonds. The number of amides is 1. The van der Waals surface area contributed by atoms with Crippen molar-refractivity contribution >= 4 is 6.09 Å². The topological polar surface area (TPSA) is 46.5 Å². The van der Waals surface area contributed by atoms with Crippen LogP contribution in [0.1, 0.15) is 38.8 Å². The number of aryl methyl sites for hydroxylation is 1. The van der Waals surface area contributed by atoms with Crippen molar-refractivity contribution in [3.05, 3.63) is 24.0 Å². The van der Waals surface area contributed by atoms with Crippen LogP contribution in [0.15, 0.2) is 18.5 Å². The Bertz CT molecular complexity index is 546. The van der Waals surface area contributed by atoms with Crippen LogP contribution < -0.4 is 5.32 Å². The zero-order chi connectivity index (χ0) is 15.3. The number of ether oxygens (including phenoxy) is 1. The first kappa shape index (κ1) is 14.4. The fourth-order valence-corrected chi connectivity index (χ4v) is 3.42. The van der Waals surface area contributed by atoms with Crippen LogP contribution in [0.4, 0.5) is 4.79 Å². The van der Waals surface area contributed by atoms with Crippen molar-refractivity contribution in [3.63, 3.8) is 0 Å². The third-order valence-electron chi connectivity index (χ3n) is 4.50. The van der Waals surface area contributed by atoms with Gasteiger partial charge in [0.2, 0.25) is 0 Å². The summed E-state index contributed by atoms with van der Waals surface area (Å²) in [6, 6.07) is 2.51. The smallest absolute Gasteiger partial charge is 0.410 e. The van der Waals surface area contributed by atoms with Gasteiger partial charge < -0.3 is 19.5 Å². The SMILES string of the molecule is Cn1ccc([C@H]2NC[C@]23CCN(C(=O)OC(C)(C)C)C3)c1. The van der Waals surface area contributed by atoms with Gasteiger partial charge in [0.25, 0.3) is 0 Å². The second-order valence-electron chi connectivity index (χ2n) is 7.44. The maximum absolute atomic E-state index is 12.2. The molecule has 116 valence electrons. The molecule has 0 aromatic carbocycles. The monoisotopic (exact) mass is 291 g/mol. The minimum Gasteiger partial charge on any atom is -0.444 e. The van der Waals surface area contributed by atoms with Gasteiger partial charge in [-0.05, 0) is 38.8 Å². The Hall–Kier alpha value is -1.49. The molecule has 1 spiro atoms. The van der Waals surface area contributed by atoms with Crippen molar-refractivity contribution in [2.24, 2.45) is 12.5 Å². The number of aromatic nitrogens is 1. The summed E-state index contributed by atoms with van der Waals surface area (Å²) in [6.07, 6.45) is 5.09. The van der Waals surface area contributed by atoms with Gasteiger partial charge in [0.15, 0.2) is 0 Å². The summed E-state index contributed by atoms with van der Waals surface area (Å²) in [6.45, 7) is 8.29. The van der Waals surface area contributed by atoms with Crippen LogP contribution in [0.2, 0.25) is 0 Å². The standard InChI is InChI=1S/C16H25N3O2/c1-15(2,3)21-14(20)19-8-6-16(11-19)10-17-13(16)12-5-7-18(4)9-12/h5,7,9,13,17H,6,8,10-11H2,1-4H3/t13-,16+/m1/s1. The van der Waals surface area contributed by atoms with Crippen LogP contribution in [-0.2, 0) is 11.8 Å². The average molecular weight is 291 g/mol. The molecule has 2 aliphatic heterocycles. The van der Waals surface area contributed by atoms with E-state index in [2.05, 4.69) is 28.3 Å². The summed E-state index contributed by atoms with van der Waals surface area (Å²) in [5, 5.41) is 3.52. The van der Waals surface area contributed by atoms with Crippen molar-refractivity contribution < 1.29 is 9.53 Å². The van der Waals surface area contributed by atoms with Gasteiger partial charge in [-0.15, -0.1) is 0 Å². The Morgan fingerprint density at radius 1 is 1.48 bits per heavy atom. The Kier molecular flexibility index (Phi) is 3.28. The first-order valence-corrected chi connectivity index (χ1v) is 7.62. The second-order valence-corrected chi connectivity index (χ2v) is 7.44. The van der Waals surface area contributed by atoms with E-state index in [-0.39, 0.29) is 11.5 Å². The number of carbonyl (C=O) groups excluding carboxylic acids is 1. The molecule has 0 bridgehead atoms. The predicted molar refractivity (Wildman–Crippen MR) is 81.0 cm³/mol. The minimum atomic E-state index is -0.427. The van der Waals surface area contributed by atoms with E-state index in [1.807, 2.05) is 32.7 Å². The fourth-order valence-electron chi connectivity index (χ4n) is 3.42. The molecule has 2 aliphatic rings. The minimum absolute atomic E-state index is 0.179. The first-order valence-electron chi connectivity index (χ1n) is 7.62. The summed E-state index contributed by atoms with van der Waals surface area (Å²) in [7, 11) is 2.04. The number of nitrogens with one attached hydrogen (secondary N) is 1. The zero-order valence-corrected chi connectivity index (χ0v) is 13.3. The zero-order valence-electron chi connectivity index (χ0n) is 13.3. The fraction of sp³-hybridized carbons (Fsp3) is 0.688. The largest absolute Gasteiger partial charge is 0.444 e. The molecule has 2 saturated heterocycles. The van der Waals surface area contributed by atoms with Gasteiger partial charge in [0.1, 0.15) is 5.60 Å². The van der Waals surface area contributed by atoms with Crippen LogP contribution in [0.5, 0.6) is 0 Å². The molecule has 0 aliphatic carbocycles. The van der Waals surface area contributed by atoms with Crippen molar-refractivity contribution in [3.8, 4) is 0 Å². The molecule has 5 nitrogen and oxygen atoms in total. The van der Waals surface area contributed by atoms with E-state index in [1.54, 1.807) is 0 Å². The Labute approximate surface area is 126 Å². The number of likely N-dealkylation sites (tertiary alicyclic amines) is 1. The number of rotatable bonds is 1. The third kappa shape index (κ3) is 2.67. The lowest BCUT2D eigenvalue weighted by molar-refractivity contribution is 0.0216. The highest BCUT2D eigenvalue weighted by Gasteiger charge is 2.52. The van der Waals surface area contributed by atoms with Gasteiger partial charge in [0.05, 0.1) is 0 Å². The van der Waals surface area contributed by atoms with Gasteiger partial charge in [0, 0.05) is 50.5 Å². The third-order valence-corrected chi connectivity index (χ3v) is 4.50. The van der Waals surface area contributed by atoms with Gasteiger partial charge >= 0.3 is 6.09 Å². The Morgan fingerprint density at radius 2 is 2.24 bits per heavy atom. The first-order chi connectivity index (χ1) is 9.79. The number of carbonyl (C=O) groups is 1. The predicted octanol–water partition coefficient (Wildman–Crippen LogP) is 2.30. The molecule has 1 aromatic heterocycles. The van der Waals surface area contributed by atoms with Gasteiger partial charge in [-0.3, -0.25) is 0 Å². The van der Waals surface area contributed by atoms with E-state index in [0.29, 0.717) is 6.04 Å². The molecule has 3 rings (SSSR count). The lowest BCUT2D eigenvalue weighted by Gasteiger charge is -2.48. The lowest BCUT2D eigenvalue weighted by Crippen LogP contribution is -2.57. The molecular weight excluding hydrogens is 266 g/mol. The molecule has 1 N–H and O–H groups in total. The molecule has 5 heteroatoms. The highest BCUT2D eigenvalue weighted by molar-refractivity contribution is 5.68. The van der Waals surface area contributed by atoms with E-state index in [1.165, 1.54) is 5.56 Å². The van der Waals surface area contributed by atoms with Crippen molar-refractivity contribution in [2.45, 2.75) is 38.8 Å². The lowest BCUT2D eigenvalue weighted by atomic mass is 9.70. The van der Waals surface area contributed by atoms with E-state index < -0.39 is 5.60 Å². The molecule has 0 saturated carbocycles. The highest BCUT2D eigenvalue weighted by Crippen LogP contribution is 2.48. The summed E-state index contributed by atoms with van der Waals surface area (Å²) in [5.41, 5.74) is 1.07. The highest BCUT2D eigenvalue weighted by atomic mass is 16.6.